The lowest BCUT2D eigenvalue weighted by molar-refractivity contribution is 0.102. The molecular weight excluding hydrogens is 270 g/mol. The molecule has 90 valence electrons. The number of rotatable bonds is 2. The van der Waals surface area contributed by atoms with Gasteiger partial charge in [0.15, 0.2) is 5.13 Å². The van der Waals surface area contributed by atoms with Gasteiger partial charge in [0.05, 0.1) is 0 Å². The first-order valence-corrected chi connectivity index (χ1v) is 6.47. The van der Waals surface area contributed by atoms with Crippen molar-refractivity contribution in [2.45, 2.75) is 0 Å². The molecule has 3 aromatic rings. The molecule has 3 rings (SSSR count). The van der Waals surface area contributed by atoms with E-state index in [1.807, 2.05) is 12.1 Å². The highest BCUT2D eigenvalue weighted by Gasteiger charge is 2.10. The second-order valence-corrected chi connectivity index (χ2v) is 5.04. The molecule has 0 unspecified atom stereocenters. The lowest BCUT2D eigenvalue weighted by Gasteiger charge is -1.97. The van der Waals surface area contributed by atoms with Crippen molar-refractivity contribution in [2.24, 2.45) is 0 Å². The van der Waals surface area contributed by atoms with Crippen LogP contribution in [0.5, 0.6) is 0 Å². The van der Waals surface area contributed by atoms with E-state index in [4.69, 9.17) is 11.6 Å². The maximum Gasteiger partial charge on any atom is 0.273 e. The van der Waals surface area contributed by atoms with E-state index in [1.165, 1.54) is 11.3 Å². The number of hydrogen-bond donors (Lipinski definition) is 2. The Morgan fingerprint density at radius 2 is 2.28 bits per heavy atom. The van der Waals surface area contributed by atoms with Crippen molar-refractivity contribution >= 4 is 44.9 Å². The Morgan fingerprint density at radius 3 is 3.06 bits per heavy atom. The van der Waals surface area contributed by atoms with Crippen molar-refractivity contribution in [1.82, 2.24) is 9.97 Å². The number of nitrogens with zero attached hydrogens (tertiary/aromatic N) is 1. The van der Waals surface area contributed by atoms with Crippen LogP contribution in [0.15, 0.2) is 35.8 Å². The second-order valence-electron chi connectivity index (χ2n) is 3.71. The fourth-order valence-corrected chi connectivity index (χ4v) is 2.38. The first-order chi connectivity index (χ1) is 8.72. The summed E-state index contributed by atoms with van der Waals surface area (Å²) in [6.45, 7) is 0. The van der Waals surface area contributed by atoms with Crippen LogP contribution in [0, 0.1) is 0 Å². The van der Waals surface area contributed by atoms with Gasteiger partial charge in [0.25, 0.3) is 5.91 Å². The molecular formula is C12H8ClN3OS. The number of benzene rings is 1. The number of nitrogens with one attached hydrogen (secondary N) is 2. The molecule has 2 heterocycles. The zero-order valence-electron chi connectivity index (χ0n) is 9.11. The predicted octanol–water partition coefficient (Wildman–Crippen LogP) is 3.53. The molecule has 1 aromatic carbocycles. The Bertz CT molecular complexity index is 705. The maximum atomic E-state index is 12.0. The summed E-state index contributed by atoms with van der Waals surface area (Å²) in [4.78, 5) is 19.0. The number of carbonyl (C=O) groups excluding carboxylic acids is 1. The normalized spacial score (nSPS) is 10.7. The summed E-state index contributed by atoms with van der Waals surface area (Å²) in [5.74, 6) is -0.211. The lowest BCUT2D eigenvalue weighted by atomic mass is 10.2. The summed E-state index contributed by atoms with van der Waals surface area (Å²) < 4.78 is 0. The highest BCUT2D eigenvalue weighted by Crippen LogP contribution is 2.21. The largest absolute Gasteiger partial charge is 0.351 e. The number of aromatic amines is 1. The average Bonchev–Trinajstić information content (AvgIpc) is 2.96. The quantitative estimate of drug-likeness (QED) is 0.753. The summed E-state index contributed by atoms with van der Waals surface area (Å²) in [6.07, 6.45) is 1.64. The number of aromatic nitrogens is 2. The molecule has 0 aliphatic carbocycles. The van der Waals surface area contributed by atoms with Crippen LogP contribution in [-0.2, 0) is 0 Å². The van der Waals surface area contributed by atoms with Crippen molar-refractivity contribution < 1.29 is 4.79 Å². The zero-order valence-corrected chi connectivity index (χ0v) is 10.7. The van der Waals surface area contributed by atoms with Crippen LogP contribution in [0.4, 0.5) is 5.13 Å². The fourth-order valence-electron chi connectivity index (χ4n) is 1.68. The summed E-state index contributed by atoms with van der Waals surface area (Å²) >= 11 is 7.28. The Hall–Kier alpha value is -1.85. The molecule has 0 aliphatic heterocycles. The Kier molecular flexibility index (Phi) is 2.77. The molecule has 0 bridgehead atoms. The van der Waals surface area contributed by atoms with E-state index >= 15 is 0 Å². The molecule has 2 aromatic heterocycles. The van der Waals surface area contributed by atoms with Crippen molar-refractivity contribution in [3.8, 4) is 0 Å². The van der Waals surface area contributed by atoms with Gasteiger partial charge in [-0.15, -0.1) is 11.3 Å². The standard InChI is InChI=1S/C12H8ClN3OS/c13-8-1-2-9-7(5-8)6-10(15-9)11(17)16-12-14-3-4-18-12/h1-6,15H,(H,14,16,17). The van der Waals surface area contributed by atoms with Gasteiger partial charge >= 0.3 is 0 Å². The molecule has 0 saturated carbocycles. The number of carbonyl (C=O) groups is 1. The number of thiazole rings is 1. The van der Waals surface area contributed by atoms with Crippen molar-refractivity contribution in [2.75, 3.05) is 5.32 Å². The number of fused-ring (bicyclic) bond motifs is 1. The number of anilines is 1. The molecule has 1 amide bonds. The van der Waals surface area contributed by atoms with Gasteiger partial charge < -0.3 is 4.98 Å². The lowest BCUT2D eigenvalue weighted by Crippen LogP contribution is -2.11. The van der Waals surface area contributed by atoms with Gasteiger partial charge in [0, 0.05) is 27.5 Å². The topological polar surface area (TPSA) is 57.8 Å². The van der Waals surface area contributed by atoms with E-state index in [-0.39, 0.29) is 5.91 Å². The molecule has 6 heteroatoms. The average molecular weight is 278 g/mol. The molecule has 0 saturated heterocycles. The molecule has 0 spiro atoms. The van der Waals surface area contributed by atoms with E-state index in [9.17, 15) is 4.79 Å². The number of halogens is 1. The monoisotopic (exact) mass is 277 g/mol. The van der Waals surface area contributed by atoms with E-state index in [0.29, 0.717) is 15.8 Å². The molecule has 0 radical (unpaired) electrons. The third kappa shape index (κ3) is 2.10. The molecule has 0 aliphatic rings. The van der Waals surface area contributed by atoms with Gasteiger partial charge in [-0.1, -0.05) is 11.6 Å². The molecule has 0 fully saturated rings. The fraction of sp³-hybridized carbons (Fsp3) is 0. The first kappa shape index (κ1) is 11.3. The Morgan fingerprint density at radius 1 is 1.39 bits per heavy atom. The van der Waals surface area contributed by atoms with Gasteiger partial charge in [-0.05, 0) is 24.3 Å². The van der Waals surface area contributed by atoms with Crippen molar-refractivity contribution in [3.05, 3.63) is 46.6 Å². The van der Waals surface area contributed by atoms with Crippen LogP contribution in [0.1, 0.15) is 10.5 Å². The number of amides is 1. The van der Waals surface area contributed by atoms with Gasteiger partial charge in [-0.25, -0.2) is 4.98 Å². The second kappa shape index (κ2) is 4.44. The van der Waals surface area contributed by atoms with E-state index < -0.39 is 0 Å². The van der Waals surface area contributed by atoms with E-state index in [1.54, 1.807) is 23.7 Å². The third-order valence-electron chi connectivity index (χ3n) is 2.48. The van der Waals surface area contributed by atoms with Gasteiger partial charge in [-0.3, -0.25) is 10.1 Å². The van der Waals surface area contributed by atoms with Crippen LogP contribution >= 0.6 is 22.9 Å². The Balaban J connectivity index is 1.92. The molecule has 4 nitrogen and oxygen atoms in total. The third-order valence-corrected chi connectivity index (χ3v) is 3.40. The summed E-state index contributed by atoms with van der Waals surface area (Å²) in [6, 6.07) is 7.21. The summed E-state index contributed by atoms with van der Waals surface area (Å²) in [5.41, 5.74) is 1.37. The van der Waals surface area contributed by atoms with Gasteiger partial charge in [0.1, 0.15) is 5.69 Å². The van der Waals surface area contributed by atoms with Crippen LogP contribution < -0.4 is 5.32 Å². The van der Waals surface area contributed by atoms with Crippen LogP contribution in [0.25, 0.3) is 10.9 Å². The molecule has 2 N–H and O–H groups in total. The van der Waals surface area contributed by atoms with E-state index in [2.05, 4.69) is 15.3 Å². The van der Waals surface area contributed by atoms with Crippen molar-refractivity contribution in [1.29, 1.82) is 0 Å². The number of hydrogen-bond acceptors (Lipinski definition) is 3. The minimum Gasteiger partial charge on any atom is -0.351 e. The van der Waals surface area contributed by atoms with Gasteiger partial charge in [-0.2, -0.15) is 0 Å². The first-order valence-electron chi connectivity index (χ1n) is 5.21. The smallest absolute Gasteiger partial charge is 0.273 e. The highest BCUT2D eigenvalue weighted by molar-refractivity contribution is 7.13. The van der Waals surface area contributed by atoms with Gasteiger partial charge in [0.2, 0.25) is 0 Å². The number of H-pyrrole nitrogens is 1. The van der Waals surface area contributed by atoms with Crippen LogP contribution in [-0.4, -0.2) is 15.9 Å². The maximum absolute atomic E-state index is 12.0. The highest BCUT2D eigenvalue weighted by atomic mass is 35.5. The minimum absolute atomic E-state index is 0.211. The van der Waals surface area contributed by atoms with Crippen molar-refractivity contribution in [3.63, 3.8) is 0 Å². The predicted molar refractivity (Wildman–Crippen MR) is 73.4 cm³/mol. The van der Waals surface area contributed by atoms with Crippen LogP contribution in [0.3, 0.4) is 0 Å². The SMILES string of the molecule is O=C(Nc1nccs1)c1cc2cc(Cl)ccc2[nH]1. The summed E-state index contributed by atoms with van der Waals surface area (Å²) in [5, 5.41) is 6.66. The molecule has 18 heavy (non-hydrogen) atoms. The Labute approximate surface area is 112 Å². The van der Waals surface area contributed by atoms with E-state index in [0.717, 1.165) is 10.9 Å². The minimum atomic E-state index is -0.211. The summed E-state index contributed by atoms with van der Waals surface area (Å²) in [7, 11) is 0. The zero-order chi connectivity index (χ0) is 12.5. The molecule has 0 atom stereocenters. The van der Waals surface area contributed by atoms with Crippen LogP contribution in [0.2, 0.25) is 5.02 Å².